The maximum absolute atomic E-state index is 15.1. The molecule has 176 valence electrons. The van der Waals surface area contributed by atoms with Crippen molar-refractivity contribution in [1.29, 1.82) is 0 Å². The molecule has 0 aromatic carbocycles. The molecule has 4 aromatic heterocycles. The van der Waals surface area contributed by atoms with E-state index in [9.17, 15) is 4.79 Å². The van der Waals surface area contributed by atoms with Gasteiger partial charge in [0.15, 0.2) is 11.3 Å². The smallest absolute Gasteiger partial charge is 0.277 e. The second-order valence-corrected chi connectivity index (χ2v) is 9.51. The van der Waals surface area contributed by atoms with Crippen LogP contribution in [-0.4, -0.2) is 54.4 Å². The van der Waals surface area contributed by atoms with E-state index in [0.29, 0.717) is 12.2 Å². The maximum atomic E-state index is 15.1. The molecule has 1 unspecified atom stereocenters. The van der Waals surface area contributed by atoms with Crippen LogP contribution in [0.2, 0.25) is 0 Å². The van der Waals surface area contributed by atoms with Gasteiger partial charge in [0.2, 0.25) is 5.95 Å². The van der Waals surface area contributed by atoms with Crippen LogP contribution in [0.25, 0.3) is 11.3 Å². The quantitative estimate of drug-likeness (QED) is 0.459. The van der Waals surface area contributed by atoms with E-state index in [-0.39, 0.29) is 17.6 Å². The average molecular weight is 462 g/mol. The van der Waals surface area contributed by atoms with Crippen LogP contribution in [-0.2, 0) is 0 Å². The Bertz CT molecular complexity index is 1400. The van der Waals surface area contributed by atoms with Gasteiger partial charge in [-0.05, 0) is 63.6 Å². The number of fused-ring (bicyclic) bond motifs is 2. The van der Waals surface area contributed by atoms with Crippen molar-refractivity contribution >= 4 is 23.0 Å². The third-order valence-corrected chi connectivity index (χ3v) is 7.06. The predicted octanol–water partition coefficient (Wildman–Crippen LogP) is 4.10. The van der Waals surface area contributed by atoms with Crippen LogP contribution in [0.3, 0.4) is 0 Å². The summed E-state index contributed by atoms with van der Waals surface area (Å²) >= 11 is 0. The molecule has 6 rings (SSSR count). The molecule has 2 aliphatic rings. The molecule has 2 aliphatic heterocycles. The minimum atomic E-state index is -0.619. The van der Waals surface area contributed by atoms with E-state index in [4.69, 9.17) is 10.1 Å². The SMILES string of the molecule is Cc1ccn2c(F)c(C(=O)N3CCCCC3c3cc4nc(N5CCCC5)c(C)cn4n3)nc2c1. The Morgan fingerprint density at radius 2 is 1.82 bits per heavy atom. The number of anilines is 1. The standard InChI is InChI=1S/C25H28FN7O/c1-16-8-12-32-20(13-16)27-22(23(32)26)25(34)31-11-4-3-7-19(31)18-14-21-28-24(30-9-5-6-10-30)17(2)15-33(21)29-18/h8,12-15,19H,3-7,9-11H2,1-2H3. The summed E-state index contributed by atoms with van der Waals surface area (Å²) in [4.78, 5) is 26.8. The first kappa shape index (κ1) is 21.1. The van der Waals surface area contributed by atoms with Gasteiger partial charge in [0.25, 0.3) is 5.91 Å². The monoisotopic (exact) mass is 461 g/mol. The second kappa shape index (κ2) is 8.07. The third kappa shape index (κ3) is 3.41. The van der Waals surface area contributed by atoms with Crippen molar-refractivity contribution < 1.29 is 9.18 Å². The molecule has 0 spiro atoms. The Labute approximate surface area is 197 Å². The van der Waals surface area contributed by atoms with Gasteiger partial charge >= 0.3 is 0 Å². The van der Waals surface area contributed by atoms with Gasteiger partial charge in [0.05, 0.1) is 11.7 Å². The normalized spacial score (nSPS) is 19.0. The minimum Gasteiger partial charge on any atom is -0.356 e. The van der Waals surface area contributed by atoms with Gasteiger partial charge in [-0.25, -0.2) is 14.5 Å². The molecule has 1 amide bonds. The number of imidazole rings is 1. The molecule has 2 saturated heterocycles. The highest BCUT2D eigenvalue weighted by molar-refractivity contribution is 5.93. The van der Waals surface area contributed by atoms with Crippen molar-refractivity contribution in [2.24, 2.45) is 0 Å². The van der Waals surface area contributed by atoms with Crippen LogP contribution >= 0.6 is 0 Å². The molecule has 0 aliphatic carbocycles. The van der Waals surface area contributed by atoms with Gasteiger partial charge in [0, 0.05) is 43.7 Å². The number of carbonyl (C=O) groups excluding carboxylic acids is 1. The van der Waals surface area contributed by atoms with Crippen molar-refractivity contribution in [3.63, 3.8) is 0 Å². The van der Waals surface area contributed by atoms with Crippen molar-refractivity contribution in [3.8, 4) is 0 Å². The molecule has 0 bridgehead atoms. The summed E-state index contributed by atoms with van der Waals surface area (Å²) in [6, 6.07) is 5.32. The number of likely N-dealkylation sites (tertiary alicyclic amines) is 1. The topological polar surface area (TPSA) is 71.0 Å². The molecule has 0 saturated carbocycles. The number of rotatable bonds is 3. The van der Waals surface area contributed by atoms with Crippen LogP contribution in [0.15, 0.2) is 30.6 Å². The number of hydrogen-bond acceptors (Lipinski definition) is 5. The number of pyridine rings is 1. The Kier molecular flexibility index (Phi) is 5.00. The predicted molar refractivity (Wildman–Crippen MR) is 127 cm³/mol. The lowest BCUT2D eigenvalue weighted by molar-refractivity contribution is 0.0594. The second-order valence-electron chi connectivity index (χ2n) is 9.51. The maximum Gasteiger partial charge on any atom is 0.277 e. The first-order chi connectivity index (χ1) is 16.5. The molecule has 8 nitrogen and oxygen atoms in total. The van der Waals surface area contributed by atoms with E-state index < -0.39 is 5.95 Å². The highest BCUT2D eigenvalue weighted by Gasteiger charge is 2.34. The molecule has 4 aromatic rings. The van der Waals surface area contributed by atoms with Crippen molar-refractivity contribution in [1.82, 2.24) is 28.9 Å². The molecular weight excluding hydrogens is 433 g/mol. The Balaban J connectivity index is 1.36. The molecule has 9 heteroatoms. The van der Waals surface area contributed by atoms with Crippen molar-refractivity contribution in [3.05, 3.63) is 59.1 Å². The molecule has 0 radical (unpaired) electrons. The minimum absolute atomic E-state index is 0.133. The lowest BCUT2D eigenvalue weighted by Gasteiger charge is -2.34. The number of aryl methyl sites for hydroxylation is 2. The number of halogens is 1. The highest BCUT2D eigenvalue weighted by atomic mass is 19.1. The summed E-state index contributed by atoms with van der Waals surface area (Å²) in [7, 11) is 0. The van der Waals surface area contributed by atoms with Gasteiger partial charge in [0.1, 0.15) is 11.5 Å². The van der Waals surface area contributed by atoms with Gasteiger partial charge in [-0.1, -0.05) is 0 Å². The third-order valence-electron chi connectivity index (χ3n) is 7.06. The van der Waals surface area contributed by atoms with E-state index in [1.165, 1.54) is 17.2 Å². The molecule has 0 N–H and O–H groups in total. The largest absolute Gasteiger partial charge is 0.356 e. The van der Waals surface area contributed by atoms with Crippen molar-refractivity contribution in [2.45, 2.75) is 52.0 Å². The Morgan fingerprint density at radius 3 is 2.65 bits per heavy atom. The summed E-state index contributed by atoms with van der Waals surface area (Å²) in [5, 5.41) is 4.79. The van der Waals surface area contributed by atoms with Crippen LogP contribution in [0.5, 0.6) is 0 Å². The average Bonchev–Trinajstić information content (AvgIpc) is 3.57. The summed E-state index contributed by atoms with van der Waals surface area (Å²) in [6.07, 6.45) is 8.65. The molecular formula is C25H28FN7O. The van der Waals surface area contributed by atoms with Crippen LogP contribution in [0, 0.1) is 19.8 Å². The van der Waals surface area contributed by atoms with E-state index in [0.717, 1.165) is 60.6 Å². The summed E-state index contributed by atoms with van der Waals surface area (Å²) in [5.74, 6) is 0.00414. The first-order valence-electron chi connectivity index (χ1n) is 12.1. The fourth-order valence-electron chi connectivity index (χ4n) is 5.30. The Hall–Kier alpha value is -3.49. The lowest BCUT2D eigenvalue weighted by atomic mass is 9.99. The zero-order chi connectivity index (χ0) is 23.4. The molecule has 6 heterocycles. The van der Waals surface area contributed by atoms with Gasteiger partial charge in [-0.2, -0.15) is 9.49 Å². The number of carbonyl (C=O) groups is 1. The lowest BCUT2D eigenvalue weighted by Crippen LogP contribution is -2.39. The van der Waals surface area contributed by atoms with Gasteiger partial charge in [-0.15, -0.1) is 0 Å². The zero-order valence-electron chi connectivity index (χ0n) is 19.5. The van der Waals surface area contributed by atoms with Crippen LogP contribution < -0.4 is 4.90 Å². The molecule has 1 atom stereocenters. The summed E-state index contributed by atoms with van der Waals surface area (Å²) in [6.45, 7) is 6.59. The van der Waals surface area contributed by atoms with Crippen molar-refractivity contribution in [2.75, 3.05) is 24.5 Å². The number of amides is 1. The highest BCUT2D eigenvalue weighted by Crippen LogP contribution is 2.33. The van der Waals surface area contributed by atoms with E-state index in [1.807, 2.05) is 19.2 Å². The Morgan fingerprint density at radius 1 is 1.03 bits per heavy atom. The first-order valence-corrected chi connectivity index (χ1v) is 12.1. The summed E-state index contributed by atoms with van der Waals surface area (Å²) < 4.78 is 18.2. The van der Waals surface area contributed by atoms with Crippen LogP contribution in [0.4, 0.5) is 10.2 Å². The number of aromatic nitrogens is 5. The molecule has 2 fully saturated rings. The fraction of sp³-hybridized carbons (Fsp3) is 0.440. The van der Waals surface area contributed by atoms with E-state index >= 15 is 4.39 Å². The zero-order valence-corrected chi connectivity index (χ0v) is 19.5. The van der Waals surface area contributed by atoms with Gasteiger partial charge in [-0.3, -0.25) is 9.20 Å². The number of hydrogen-bond donors (Lipinski definition) is 0. The van der Waals surface area contributed by atoms with E-state index in [2.05, 4.69) is 16.8 Å². The number of nitrogens with zero attached hydrogens (tertiary/aromatic N) is 7. The molecule has 34 heavy (non-hydrogen) atoms. The summed E-state index contributed by atoms with van der Waals surface area (Å²) in [5.41, 5.74) is 3.92. The van der Waals surface area contributed by atoms with E-state index in [1.54, 1.807) is 27.7 Å². The number of piperidine rings is 1. The van der Waals surface area contributed by atoms with Crippen LogP contribution in [0.1, 0.15) is 65.5 Å². The van der Waals surface area contributed by atoms with Gasteiger partial charge < -0.3 is 9.80 Å². The fourth-order valence-corrected chi connectivity index (χ4v) is 5.30.